The van der Waals surface area contributed by atoms with Crippen LogP contribution in [0, 0.1) is 22.4 Å². The molecule has 0 N–H and O–H groups in total. The van der Waals surface area contributed by atoms with Crippen molar-refractivity contribution in [1.29, 1.82) is 5.26 Å². The Hall–Kier alpha value is -2.06. The molecule has 0 unspecified atom stereocenters. The zero-order chi connectivity index (χ0) is 13.0. The summed E-state index contributed by atoms with van der Waals surface area (Å²) in [6.07, 6.45) is 1.40. The summed E-state index contributed by atoms with van der Waals surface area (Å²) in [7, 11) is 0. The number of halogens is 1. The summed E-state index contributed by atoms with van der Waals surface area (Å²) >= 11 is 1.26. The lowest BCUT2D eigenvalue weighted by Gasteiger charge is -2.04. The number of pyridine rings is 1. The quantitative estimate of drug-likeness (QED) is 0.484. The number of nitrogens with zero attached hydrogens (tertiary/aromatic N) is 2. The van der Waals surface area contributed by atoms with Crippen molar-refractivity contribution >= 4 is 11.8 Å². The molecule has 90 valence electrons. The minimum absolute atomic E-state index is 0.292. The Bertz CT molecular complexity index is 610. The molecule has 0 fully saturated rings. The van der Waals surface area contributed by atoms with Gasteiger partial charge in [0.2, 0.25) is 0 Å². The standard InChI is InChI=1S/C13H9FN2OS/c14-12-7-10(8-15)4-5-11(12)9-18-13-3-1-2-6-16(13)17/h1-7H,9H2. The molecule has 0 amide bonds. The maximum atomic E-state index is 13.6. The molecule has 0 atom stereocenters. The highest BCUT2D eigenvalue weighted by atomic mass is 32.2. The fourth-order valence-corrected chi connectivity index (χ4v) is 2.31. The molecule has 0 saturated carbocycles. The molecule has 0 aliphatic heterocycles. The number of aromatic nitrogens is 1. The first kappa shape index (κ1) is 12.4. The molecule has 1 heterocycles. The third-order valence-electron chi connectivity index (χ3n) is 2.35. The second kappa shape index (κ2) is 5.52. The Morgan fingerprint density at radius 2 is 2.17 bits per heavy atom. The second-order valence-electron chi connectivity index (χ2n) is 3.57. The zero-order valence-electron chi connectivity index (χ0n) is 9.34. The smallest absolute Gasteiger partial charge is 0.251 e. The molecule has 18 heavy (non-hydrogen) atoms. The Balaban J connectivity index is 2.12. The maximum Gasteiger partial charge on any atom is 0.251 e. The van der Waals surface area contributed by atoms with Crippen LogP contribution in [0.5, 0.6) is 0 Å². The van der Waals surface area contributed by atoms with E-state index in [0.29, 0.717) is 21.9 Å². The molecule has 0 spiro atoms. The Kier molecular flexibility index (Phi) is 3.80. The summed E-state index contributed by atoms with van der Waals surface area (Å²) < 4.78 is 14.3. The molecular formula is C13H9FN2OS. The number of hydrogen-bond donors (Lipinski definition) is 0. The summed E-state index contributed by atoms with van der Waals surface area (Å²) in [5.41, 5.74) is 0.766. The molecule has 0 saturated heterocycles. The van der Waals surface area contributed by atoms with Crippen LogP contribution < -0.4 is 4.73 Å². The summed E-state index contributed by atoms with van der Waals surface area (Å²) in [6.45, 7) is 0. The van der Waals surface area contributed by atoms with Crippen LogP contribution in [0.4, 0.5) is 4.39 Å². The van der Waals surface area contributed by atoms with Crippen molar-refractivity contribution in [1.82, 2.24) is 0 Å². The predicted molar refractivity (Wildman–Crippen MR) is 66.1 cm³/mol. The van der Waals surface area contributed by atoms with Gasteiger partial charge in [-0.3, -0.25) is 0 Å². The highest BCUT2D eigenvalue weighted by Gasteiger charge is 2.08. The van der Waals surface area contributed by atoms with Crippen LogP contribution in [0.3, 0.4) is 0 Å². The van der Waals surface area contributed by atoms with E-state index in [1.54, 1.807) is 30.3 Å². The van der Waals surface area contributed by atoms with E-state index in [2.05, 4.69) is 0 Å². The number of hydrogen-bond acceptors (Lipinski definition) is 3. The molecule has 1 aromatic heterocycles. The average molecular weight is 260 g/mol. The number of benzene rings is 1. The zero-order valence-corrected chi connectivity index (χ0v) is 10.2. The third kappa shape index (κ3) is 2.79. The van der Waals surface area contributed by atoms with E-state index >= 15 is 0 Å². The monoisotopic (exact) mass is 260 g/mol. The minimum Gasteiger partial charge on any atom is -0.618 e. The molecule has 0 bridgehead atoms. The largest absolute Gasteiger partial charge is 0.618 e. The summed E-state index contributed by atoms with van der Waals surface area (Å²) in [5.74, 6) is -0.0704. The van der Waals surface area contributed by atoms with Crippen LogP contribution >= 0.6 is 11.8 Å². The lowest BCUT2D eigenvalue weighted by Crippen LogP contribution is -2.27. The fraction of sp³-hybridized carbons (Fsp3) is 0.0769. The van der Waals surface area contributed by atoms with E-state index in [1.165, 1.54) is 24.0 Å². The van der Waals surface area contributed by atoms with Crippen molar-refractivity contribution in [3.63, 3.8) is 0 Å². The van der Waals surface area contributed by atoms with Gasteiger partial charge in [-0.25, -0.2) is 4.39 Å². The summed E-state index contributed by atoms with van der Waals surface area (Å²) in [4.78, 5) is 0. The second-order valence-corrected chi connectivity index (χ2v) is 4.57. The van der Waals surface area contributed by atoms with Crippen LogP contribution in [0.2, 0.25) is 0 Å². The molecule has 0 radical (unpaired) electrons. The lowest BCUT2D eigenvalue weighted by molar-refractivity contribution is -0.645. The maximum absolute atomic E-state index is 13.6. The van der Waals surface area contributed by atoms with Gasteiger partial charge in [0.1, 0.15) is 5.82 Å². The molecule has 2 aromatic rings. The first-order valence-corrected chi connectivity index (χ1v) is 6.19. The molecular weight excluding hydrogens is 251 g/mol. The van der Waals surface area contributed by atoms with E-state index in [0.717, 1.165) is 4.73 Å². The van der Waals surface area contributed by atoms with Crippen molar-refractivity contribution in [2.75, 3.05) is 0 Å². The van der Waals surface area contributed by atoms with E-state index in [4.69, 9.17) is 5.26 Å². The Labute approximate surface area is 108 Å². The first-order chi connectivity index (χ1) is 8.70. The molecule has 2 rings (SSSR count). The van der Waals surface area contributed by atoms with E-state index in [1.807, 2.05) is 6.07 Å². The summed E-state index contributed by atoms with van der Waals surface area (Å²) in [6, 6.07) is 11.3. The summed E-state index contributed by atoms with van der Waals surface area (Å²) in [5, 5.41) is 20.5. The van der Waals surface area contributed by atoms with Crippen molar-refractivity contribution in [3.8, 4) is 6.07 Å². The Morgan fingerprint density at radius 3 is 2.83 bits per heavy atom. The fourth-order valence-electron chi connectivity index (χ4n) is 1.41. The number of nitriles is 1. The van der Waals surface area contributed by atoms with Crippen molar-refractivity contribution in [3.05, 3.63) is 64.7 Å². The van der Waals surface area contributed by atoms with Crippen LogP contribution in [-0.4, -0.2) is 0 Å². The SMILES string of the molecule is N#Cc1ccc(CSc2cccc[n+]2[O-])c(F)c1. The highest BCUT2D eigenvalue weighted by Crippen LogP contribution is 2.21. The number of thioether (sulfide) groups is 1. The van der Waals surface area contributed by atoms with Gasteiger partial charge in [-0.2, -0.15) is 9.99 Å². The van der Waals surface area contributed by atoms with Gasteiger partial charge in [-0.15, -0.1) is 0 Å². The predicted octanol–water partition coefficient (Wildman–Crippen LogP) is 2.62. The van der Waals surface area contributed by atoms with Gasteiger partial charge in [0, 0.05) is 17.9 Å². The highest BCUT2D eigenvalue weighted by molar-refractivity contribution is 7.98. The molecule has 5 heteroatoms. The Morgan fingerprint density at radius 1 is 1.33 bits per heavy atom. The van der Waals surface area contributed by atoms with Gasteiger partial charge in [-0.1, -0.05) is 17.8 Å². The molecule has 0 aliphatic rings. The van der Waals surface area contributed by atoms with Crippen molar-refractivity contribution in [2.45, 2.75) is 10.8 Å². The lowest BCUT2D eigenvalue weighted by atomic mass is 10.1. The van der Waals surface area contributed by atoms with Gasteiger partial charge >= 0.3 is 0 Å². The normalized spacial score (nSPS) is 10.0. The number of rotatable bonds is 3. The van der Waals surface area contributed by atoms with Crippen molar-refractivity contribution in [2.24, 2.45) is 0 Å². The molecule has 0 aliphatic carbocycles. The van der Waals surface area contributed by atoms with Gasteiger partial charge in [0.05, 0.1) is 11.6 Å². The van der Waals surface area contributed by atoms with Gasteiger partial charge in [-0.05, 0) is 23.8 Å². The van der Waals surface area contributed by atoms with Crippen LogP contribution in [0.1, 0.15) is 11.1 Å². The van der Waals surface area contributed by atoms with E-state index in [9.17, 15) is 9.60 Å². The van der Waals surface area contributed by atoms with Crippen LogP contribution in [-0.2, 0) is 5.75 Å². The topological polar surface area (TPSA) is 50.7 Å². The van der Waals surface area contributed by atoms with Crippen LogP contribution in [0.25, 0.3) is 0 Å². The van der Waals surface area contributed by atoms with E-state index < -0.39 is 5.82 Å². The van der Waals surface area contributed by atoms with Gasteiger partial charge in [0.15, 0.2) is 6.20 Å². The average Bonchev–Trinajstić information content (AvgIpc) is 2.39. The molecule has 1 aromatic carbocycles. The van der Waals surface area contributed by atoms with Gasteiger partial charge in [0.25, 0.3) is 5.03 Å². The molecule has 3 nitrogen and oxygen atoms in total. The van der Waals surface area contributed by atoms with Gasteiger partial charge < -0.3 is 5.21 Å². The minimum atomic E-state index is -0.421. The van der Waals surface area contributed by atoms with E-state index in [-0.39, 0.29) is 0 Å². The third-order valence-corrected chi connectivity index (χ3v) is 3.41. The first-order valence-electron chi connectivity index (χ1n) is 5.20. The van der Waals surface area contributed by atoms with Crippen LogP contribution in [0.15, 0.2) is 47.6 Å². The van der Waals surface area contributed by atoms with Crippen molar-refractivity contribution < 1.29 is 9.12 Å².